The molecule has 102 valence electrons. The van der Waals surface area contributed by atoms with Gasteiger partial charge in [0.1, 0.15) is 5.75 Å². The van der Waals surface area contributed by atoms with Gasteiger partial charge in [0.2, 0.25) is 0 Å². The van der Waals surface area contributed by atoms with Crippen molar-refractivity contribution < 1.29 is 4.74 Å². The molecule has 1 aromatic carbocycles. The molecule has 1 unspecified atom stereocenters. The maximum absolute atomic E-state index is 5.37. The number of nitrogens with one attached hydrogen (secondary N) is 1. The lowest BCUT2D eigenvalue weighted by Gasteiger charge is -2.18. The van der Waals surface area contributed by atoms with Crippen LogP contribution < -0.4 is 10.1 Å². The van der Waals surface area contributed by atoms with Crippen molar-refractivity contribution in [3.05, 3.63) is 29.8 Å². The number of hydrogen-bond donors (Lipinski definition) is 1. The van der Waals surface area contributed by atoms with Crippen molar-refractivity contribution in [3.8, 4) is 5.75 Å². The molecular formula is C15H26N2O. The first-order chi connectivity index (χ1) is 8.67. The fourth-order valence-corrected chi connectivity index (χ4v) is 1.93. The topological polar surface area (TPSA) is 24.5 Å². The van der Waals surface area contributed by atoms with Gasteiger partial charge in [-0.15, -0.1) is 0 Å². The van der Waals surface area contributed by atoms with Crippen molar-refractivity contribution in [3.63, 3.8) is 0 Å². The van der Waals surface area contributed by atoms with Gasteiger partial charge in [0.25, 0.3) is 0 Å². The normalized spacial score (nSPS) is 12.7. The molecule has 0 saturated heterocycles. The van der Waals surface area contributed by atoms with Gasteiger partial charge in [-0.3, -0.25) is 0 Å². The second-order valence-corrected chi connectivity index (χ2v) is 4.77. The highest BCUT2D eigenvalue weighted by Gasteiger charge is 2.07. The number of benzene rings is 1. The Balaban J connectivity index is 2.37. The van der Waals surface area contributed by atoms with Gasteiger partial charge >= 0.3 is 0 Å². The molecule has 1 aromatic rings. The van der Waals surface area contributed by atoms with Crippen LogP contribution in [0.5, 0.6) is 5.75 Å². The van der Waals surface area contributed by atoms with Gasteiger partial charge in [0.05, 0.1) is 7.11 Å². The van der Waals surface area contributed by atoms with Crippen molar-refractivity contribution in [2.75, 3.05) is 33.8 Å². The summed E-state index contributed by atoms with van der Waals surface area (Å²) in [5.41, 5.74) is 1.27. The molecule has 1 N–H and O–H groups in total. The van der Waals surface area contributed by atoms with E-state index < -0.39 is 0 Å². The molecule has 18 heavy (non-hydrogen) atoms. The van der Waals surface area contributed by atoms with Crippen molar-refractivity contribution in [1.29, 1.82) is 0 Å². The summed E-state index contributed by atoms with van der Waals surface area (Å²) < 4.78 is 5.37. The molecular weight excluding hydrogens is 224 g/mol. The van der Waals surface area contributed by atoms with Crippen molar-refractivity contribution >= 4 is 0 Å². The van der Waals surface area contributed by atoms with Gasteiger partial charge in [-0.25, -0.2) is 0 Å². The Bertz CT molecular complexity index is 341. The molecule has 0 aromatic heterocycles. The van der Waals surface area contributed by atoms with Crippen LogP contribution in [0.4, 0.5) is 0 Å². The van der Waals surface area contributed by atoms with E-state index in [1.165, 1.54) is 5.56 Å². The van der Waals surface area contributed by atoms with Gasteiger partial charge in [-0.2, -0.15) is 0 Å². The van der Waals surface area contributed by atoms with E-state index in [0.29, 0.717) is 6.04 Å². The molecule has 3 heteroatoms. The summed E-state index contributed by atoms with van der Waals surface area (Å²) in [5, 5.41) is 3.55. The van der Waals surface area contributed by atoms with Crippen LogP contribution in [0.25, 0.3) is 0 Å². The van der Waals surface area contributed by atoms with Gasteiger partial charge in [-0.05, 0) is 38.6 Å². The Morgan fingerprint density at radius 1 is 1.33 bits per heavy atom. The van der Waals surface area contributed by atoms with E-state index in [2.05, 4.69) is 43.2 Å². The number of rotatable bonds is 8. The lowest BCUT2D eigenvalue weighted by molar-refractivity contribution is 0.340. The summed E-state index contributed by atoms with van der Waals surface area (Å²) in [6.45, 7) is 7.62. The van der Waals surface area contributed by atoms with Crippen LogP contribution in [0, 0.1) is 0 Å². The third kappa shape index (κ3) is 5.07. The van der Waals surface area contributed by atoms with Crippen LogP contribution in [0.2, 0.25) is 0 Å². The second-order valence-electron chi connectivity index (χ2n) is 4.77. The smallest absolute Gasteiger partial charge is 0.122 e. The Morgan fingerprint density at radius 2 is 2.06 bits per heavy atom. The average Bonchev–Trinajstić information content (AvgIpc) is 2.39. The maximum Gasteiger partial charge on any atom is 0.122 e. The van der Waals surface area contributed by atoms with E-state index in [-0.39, 0.29) is 0 Å². The third-order valence-electron chi connectivity index (χ3n) is 3.24. The number of methoxy groups -OCH3 is 1. The third-order valence-corrected chi connectivity index (χ3v) is 3.24. The summed E-state index contributed by atoms with van der Waals surface area (Å²) in [4.78, 5) is 2.31. The number of ether oxygens (including phenoxy) is 1. The molecule has 0 bridgehead atoms. The maximum atomic E-state index is 5.37. The SMILES string of the molecule is CCN(C)CCNC(C)Cc1ccccc1OC. The van der Waals surface area contributed by atoms with Crippen LogP contribution in [0.3, 0.4) is 0 Å². The quantitative estimate of drug-likeness (QED) is 0.765. The minimum Gasteiger partial charge on any atom is -0.496 e. The average molecular weight is 250 g/mol. The zero-order valence-electron chi connectivity index (χ0n) is 12.1. The minimum absolute atomic E-state index is 0.464. The Hall–Kier alpha value is -1.06. The monoisotopic (exact) mass is 250 g/mol. The summed E-state index contributed by atoms with van der Waals surface area (Å²) in [5.74, 6) is 0.983. The van der Waals surface area contributed by atoms with Gasteiger partial charge < -0.3 is 15.0 Å². The molecule has 0 aliphatic heterocycles. The molecule has 0 fully saturated rings. The molecule has 0 saturated carbocycles. The molecule has 1 rings (SSSR count). The molecule has 0 aliphatic rings. The van der Waals surface area contributed by atoms with Crippen molar-refractivity contribution in [2.24, 2.45) is 0 Å². The standard InChI is InChI=1S/C15H26N2O/c1-5-17(3)11-10-16-13(2)12-14-8-6-7-9-15(14)18-4/h6-9,13,16H,5,10-12H2,1-4H3. The van der Waals surface area contributed by atoms with Gasteiger partial charge in [0.15, 0.2) is 0 Å². The molecule has 0 radical (unpaired) electrons. The lowest BCUT2D eigenvalue weighted by Crippen LogP contribution is -2.35. The molecule has 0 heterocycles. The van der Waals surface area contributed by atoms with Gasteiger partial charge in [-0.1, -0.05) is 25.1 Å². The number of likely N-dealkylation sites (N-methyl/N-ethyl adjacent to an activating group) is 1. The predicted octanol–water partition coefficient (Wildman–Crippen LogP) is 2.17. The molecule has 3 nitrogen and oxygen atoms in total. The minimum atomic E-state index is 0.464. The number of nitrogens with zero attached hydrogens (tertiary/aromatic N) is 1. The van der Waals surface area contributed by atoms with Gasteiger partial charge in [0, 0.05) is 19.1 Å². The van der Waals surface area contributed by atoms with Crippen LogP contribution in [0.15, 0.2) is 24.3 Å². The predicted molar refractivity (Wildman–Crippen MR) is 77.3 cm³/mol. The summed E-state index contributed by atoms with van der Waals surface area (Å²) in [7, 11) is 3.87. The van der Waals surface area contributed by atoms with E-state index >= 15 is 0 Å². The fraction of sp³-hybridized carbons (Fsp3) is 0.600. The first-order valence-electron chi connectivity index (χ1n) is 6.71. The Kier molecular flexibility index (Phi) is 6.76. The zero-order chi connectivity index (χ0) is 13.4. The number of para-hydroxylation sites is 1. The second kappa shape index (κ2) is 8.11. The molecule has 0 amide bonds. The van der Waals surface area contributed by atoms with E-state index in [9.17, 15) is 0 Å². The first kappa shape index (κ1) is 15.0. The fourth-order valence-electron chi connectivity index (χ4n) is 1.93. The van der Waals surface area contributed by atoms with Crippen LogP contribution in [-0.4, -0.2) is 44.7 Å². The van der Waals surface area contributed by atoms with E-state index in [1.54, 1.807) is 7.11 Å². The van der Waals surface area contributed by atoms with E-state index in [0.717, 1.165) is 31.8 Å². The summed E-state index contributed by atoms with van der Waals surface area (Å²) in [6, 6.07) is 8.69. The first-order valence-corrected chi connectivity index (χ1v) is 6.71. The highest BCUT2D eigenvalue weighted by Crippen LogP contribution is 2.18. The van der Waals surface area contributed by atoms with E-state index in [1.807, 2.05) is 12.1 Å². The highest BCUT2D eigenvalue weighted by molar-refractivity contribution is 5.33. The lowest BCUT2D eigenvalue weighted by atomic mass is 10.1. The molecule has 0 aliphatic carbocycles. The largest absolute Gasteiger partial charge is 0.496 e. The summed E-state index contributed by atoms with van der Waals surface area (Å²) >= 11 is 0. The Morgan fingerprint density at radius 3 is 2.72 bits per heavy atom. The number of hydrogen-bond acceptors (Lipinski definition) is 3. The van der Waals surface area contributed by atoms with E-state index in [4.69, 9.17) is 4.74 Å². The molecule has 1 atom stereocenters. The Labute approximate surface area is 111 Å². The van der Waals surface area contributed by atoms with Crippen LogP contribution in [-0.2, 0) is 6.42 Å². The zero-order valence-corrected chi connectivity index (χ0v) is 12.1. The van der Waals surface area contributed by atoms with Crippen molar-refractivity contribution in [1.82, 2.24) is 10.2 Å². The van der Waals surface area contributed by atoms with Crippen molar-refractivity contribution in [2.45, 2.75) is 26.3 Å². The molecule has 0 spiro atoms. The highest BCUT2D eigenvalue weighted by atomic mass is 16.5. The van der Waals surface area contributed by atoms with Crippen LogP contribution >= 0.6 is 0 Å². The van der Waals surface area contributed by atoms with Crippen LogP contribution in [0.1, 0.15) is 19.4 Å². The summed E-state index contributed by atoms with van der Waals surface area (Å²) in [6.07, 6.45) is 1.000.